The van der Waals surface area contributed by atoms with Crippen LogP contribution in [-0.2, 0) is 14.9 Å². The molecule has 3 N–H and O–H groups in total. The van der Waals surface area contributed by atoms with Crippen molar-refractivity contribution < 1.29 is 23.1 Å². The largest absolute Gasteiger partial charge is 0.452 e. The zero-order chi connectivity index (χ0) is 15.0. The summed E-state index contributed by atoms with van der Waals surface area (Å²) in [4.78, 5) is 14.8. The van der Waals surface area contributed by atoms with Gasteiger partial charge < -0.3 is 9.84 Å². The Labute approximate surface area is 116 Å². The van der Waals surface area contributed by atoms with E-state index in [4.69, 9.17) is 5.11 Å². The highest BCUT2D eigenvalue weighted by molar-refractivity contribution is 7.91. The lowest BCUT2D eigenvalue weighted by atomic mass is 10.3. The van der Waals surface area contributed by atoms with Crippen molar-refractivity contribution >= 4 is 22.1 Å². The van der Waals surface area contributed by atoms with Crippen LogP contribution in [0.1, 0.15) is 12.1 Å². The molecule has 1 aromatic rings. The van der Waals surface area contributed by atoms with Gasteiger partial charge in [-0.1, -0.05) is 12.0 Å². The quantitative estimate of drug-likeness (QED) is 0.664. The number of anilines is 1. The molecule has 0 bridgehead atoms. The number of carbonyl (C=O) groups excluding carboxylic acids is 1. The minimum absolute atomic E-state index is 0.00259. The van der Waals surface area contributed by atoms with Gasteiger partial charge in [-0.3, -0.25) is 4.72 Å². The summed E-state index contributed by atoms with van der Waals surface area (Å²) in [6.07, 6.45) is -0.821. The summed E-state index contributed by atoms with van der Waals surface area (Å²) in [6, 6.07) is 4.52. The summed E-state index contributed by atoms with van der Waals surface area (Å²) in [7, 11) is -3.07. The molecule has 8 nitrogen and oxygen atoms in total. The number of aliphatic hydroxyl groups excluding tert-OH is 1. The van der Waals surface area contributed by atoms with Crippen LogP contribution in [0.25, 0.3) is 0 Å². The van der Waals surface area contributed by atoms with Crippen LogP contribution in [0.3, 0.4) is 0 Å². The molecule has 9 heteroatoms. The van der Waals surface area contributed by atoms with E-state index in [0.29, 0.717) is 12.1 Å². The molecular formula is C11H13N3O5S. The standard InChI is InChI=1S/C11H13N3O5S/c1-19-11(16)14-20(17,18)13-10-7-4-6-9(12-10)5-2-3-8-15/h4,6-7,15H,3,8H2,1H3,(H,12,13)(H,14,16). The molecule has 1 heterocycles. The average molecular weight is 299 g/mol. The van der Waals surface area contributed by atoms with Gasteiger partial charge in [0.25, 0.3) is 0 Å². The minimum Gasteiger partial charge on any atom is -0.452 e. The summed E-state index contributed by atoms with van der Waals surface area (Å²) in [6.45, 7) is -0.0671. The van der Waals surface area contributed by atoms with Crippen LogP contribution >= 0.6 is 0 Å². The van der Waals surface area contributed by atoms with Gasteiger partial charge in [0.05, 0.1) is 13.7 Å². The number of aliphatic hydroxyl groups is 1. The fraction of sp³-hybridized carbons (Fsp3) is 0.273. The molecule has 0 saturated carbocycles. The Morgan fingerprint density at radius 3 is 2.90 bits per heavy atom. The normalized spacial score (nSPS) is 10.1. The van der Waals surface area contributed by atoms with Crippen molar-refractivity contribution in [3.8, 4) is 11.8 Å². The molecular weight excluding hydrogens is 286 g/mol. The molecule has 0 radical (unpaired) electrons. The molecule has 0 spiro atoms. The van der Waals surface area contributed by atoms with E-state index >= 15 is 0 Å². The van der Waals surface area contributed by atoms with E-state index in [-0.39, 0.29) is 12.4 Å². The molecule has 1 rings (SSSR count). The monoisotopic (exact) mass is 299 g/mol. The Morgan fingerprint density at radius 2 is 2.25 bits per heavy atom. The first-order chi connectivity index (χ1) is 9.46. The number of ether oxygens (including phenoxy) is 1. The van der Waals surface area contributed by atoms with Crippen molar-refractivity contribution in [2.45, 2.75) is 6.42 Å². The highest BCUT2D eigenvalue weighted by atomic mass is 32.2. The number of hydrogen-bond acceptors (Lipinski definition) is 6. The number of rotatable bonds is 4. The Bertz CT molecular complexity index is 633. The van der Waals surface area contributed by atoms with Crippen molar-refractivity contribution in [3.63, 3.8) is 0 Å². The van der Waals surface area contributed by atoms with Crippen LogP contribution in [0.15, 0.2) is 18.2 Å². The smallest absolute Gasteiger partial charge is 0.422 e. The van der Waals surface area contributed by atoms with Gasteiger partial charge in [0.15, 0.2) is 0 Å². The Morgan fingerprint density at radius 1 is 1.50 bits per heavy atom. The molecule has 0 saturated heterocycles. The lowest BCUT2D eigenvalue weighted by Crippen LogP contribution is -2.35. The maximum absolute atomic E-state index is 11.5. The van der Waals surface area contributed by atoms with Crippen molar-refractivity contribution in [2.24, 2.45) is 0 Å². The molecule has 20 heavy (non-hydrogen) atoms. The molecule has 0 unspecified atom stereocenters. The van der Waals surface area contributed by atoms with Crippen LogP contribution in [-0.4, -0.2) is 38.3 Å². The second kappa shape index (κ2) is 7.32. The lowest BCUT2D eigenvalue weighted by molar-refractivity contribution is 0.177. The number of nitrogens with one attached hydrogen (secondary N) is 2. The number of hydrogen-bond donors (Lipinski definition) is 3. The predicted octanol–water partition coefficient (Wildman–Crippen LogP) is -0.172. The number of amides is 1. The number of pyridine rings is 1. The zero-order valence-electron chi connectivity index (χ0n) is 10.6. The van der Waals surface area contributed by atoms with E-state index in [0.717, 1.165) is 7.11 Å². The number of carbonyl (C=O) groups is 1. The van der Waals surface area contributed by atoms with Gasteiger partial charge in [0.1, 0.15) is 11.5 Å². The van der Waals surface area contributed by atoms with Crippen LogP contribution in [0.5, 0.6) is 0 Å². The lowest BCUT2D eigenvalue weighted by Gasteiger charge is -2.07. The van der Waals surface area contributed by atoms with Gasteiger partial charge in [0.2, 0.25) is 0 Å². The molecule has 1 aromatic heterocycles. The average Bonchev–Trinajstić information content (AvgIpc) is 2.38. The third-order valence-corrected chi connectivity index (χ3v) is 2.76. The highest BCUT2D eigenvalue weighted by Crippen LogP contribution is 2.05. The summed E-state index contributed by atoms with van der Waals surface area (Å²) in [5, 5.41) is 8.59. The molecule has 0 aliphatic carbocycles. The third kappa shape index (κ3) is 5.55. The zero-order valence-corrected chi connectivity index (χ0v) is 11.4. The number of aromatic nitrogens is 1. The first-order valence-corrected chi connectivity index (χ1v) is 6.90. The summed E-state index contributed by atoms with van der Waals surface area (Å²) in [5.41, 5.74) is 0.330. The van der Waals surface area contributed by atoms with Crippen LogP contribution in [0.2, 0.25) is 0 Å². The van der Waals surface area contributed by atoms with Gasteiger partial charge in [-0.25, -0.2) is 14.5 Å². The van der Waals surface area contributed by atoms with Gasteiger partial charge >= 0.3 is 16.3 Å². The van der Waals surface area contributed by atoms with Gasteiger partial charge in [-0.15, -0.1) is 0 Å². The number of nitrogens with zero attached hydrogens (tertiary/aromatic N) is 1. The van der Waals surface area contributed by atoms with Crippen LogP contribution in [0, 0.1) is 11.8 Å². The van der Waals surface area contributed by atoms with Crippen molar-refractivity contribution in [2.75, 3.05) is 18.4 Å². The minimum atomic E-state index is -4.11. The van der Waals surface area contributed by atoms with E-state index < -0.39 is 16.3 Å². The SMILES string of the molecule is COC(=O)NS(=O)(=O)Nc1cccc(C#CCCO)n1. The Balaban J connectivity index is 2.81. The molecule has 0 atom stereocenters. The maximum atomic E-state index is 11.5. The molecule has 0 aromatic carbocycles. The maximum Gasteiger partial charge on any atom is 0.422 e. The first kappa shape index (κ1) is 15.7. The summed E-state index contributed by atoms with van der Waals surface area (Å²) < 4.78 is 30.9. The number of methoxy groups -OCH3 is 1. The fourth-order valence-corrected chi connectivity index (χ4v) is 1.83. The molecule has 0 aliphatic heterocycles. The van der Waals surface area contributed by atoms with Crippen molar-refractivity contribution in [3.05, 3.63) is 23.9 Å². The predicted molar refractivity (Wildman–Crippen MR) is 70.9 cm³/mol. The van der Waals surface area contributed by atoms with Gasteiger partial charge in [0, 0.05) is 6.42 Å². The molecule has 1 amide bonds. The summed E-state index contributed by atoms with van der Waals surface area (Å²) in [5.74, 6) is 5.31. The van der Waals surface area contributed by atoms with Crippen molar-refractivity contribution in [1.82, 2.24) is 9.71 Å². The molecule has 108 valence electrons. The van der Waals surface area contributed by atoms with Crippen LogP contribution in [0.4, 0.5) is 10.6 Å². The highest BCUT2D eigenvalue weighted by Gasteiger charge is 2.14. The van der Waals surface area contributed by atoms with E-state index in [1.807, 2.05) is 4.72 Å². The van der Waals surface area contributed by atoms with E-state index in [9.17, 15) is 13.2 Å². The fourth-order valence-electron chi connectivity index (χ4n) is 1.08. The van der Waals surface area contributed by atoms with Gasteiger partial charge in [-0.05, 0) is 18.1 Å². The van der Waals surface area contributed by atoms with Gasteiger partial charge in [-0.2, -0.15) is 8.42 Å². The molecule has 0 aliphatic rings. The topological polar surface area (TPSA) is 118 Å². The third-order valence-electron chi connectivity index (χ3n) is 1.84. The van der Waals surface area contributed by atoms with E-state index in [1.165, 1.54) is 6.07 Å². The molecule has 0 fully saturated rings. The first-order valence-electron chi connectivity index (χ1n) is 5.42. The van der Waals surface area contributed by atoms with Crippen molar-refractivity contribution in [1.29, 1.82) is 0 Å². The second-order valence-electron chi connectivity index (χ2n) is 3.38. The Hall–Kier alpha value is -2.31. The Kier molecular flexibility index (Phi) is 5.76. The van der Waals surface area contributed by atoms with E-state index in [1.54, 1.807) is 16.9 Å². The summed E-state index contributed by atoms with van der Waals surface area (Å²) >= 11 is 0. The van der Waals surface area contributed by atoms with Crippen LogP contribution < -0.4 is 9.44 Å². The van der Waals surface area contributed by atoms with E-state index in [2.05, 4.69) is 21.6 Å². The second-order valence-corrected chi connectivity index (χ2v) is 4.80.